The Bertz CT molecular complexity index is 823. The van der Waals surface area contributed by atoms with Crippen LogP contribution in [0.5, 0.6) is 5.75 Å². The Morgan fingerprint density at radius 1 is 1.21 bits per heavy atom. The zero-order chi connectivity index (χ0) is 19.9. The molecule has 1 aliphatic rings. The number of fused-ring (bicyclic) bond motifs is 1. The number of nitrogens with zero attached hydrogens (tertiary/aromatic N) is 1. The van der Waals surface area contributed by atoms with Crippen molar-refractivity contribution in [3.05, 3.63) is 65.2 Å². The standard InChI is InChI=1S/C22H26N2O3S/c1-2-28-20(21(23)25)15-16-7-9-18(10-8-16)27-14-13-24-12-11-17-5-3-4-6-19(17)22(24)26/h3-10,20H,2,11-15H2,1H3,(H2,23,25). The maximum Gasteiger partial charge on any atom is 0.254 e. The van der Waals surface area contributed by atoms with Crippen LogP contribution in [-0.2, 0) is 17.6 Å². The van der Waals surface area contributed by atoms with Gasteiger partial charge in [0.2, 0.25) is 5.91 Å². The second kappa shape index (κ2) is 9.64. The lowest BCUT2D eigenvalue weighted by Gasteiger charge is -2.28. The van der Waals surface area contributed by atoms with Gasteiger partial charge in [-0.3, -0.25) is 9.59 Å². The van der Waals surface area contributed by atoms with Crippen molar-refractivity contribution in [1.29, 1.82) is 0 Å². The van der Waals surface area contributed by atoms with Crippen molar-refractivity contribution in [3.63, 3.8) is 0 Å². The van der Waals surface area contributed by atoms with Crippen LogP contribution in [0, 0.1) is 0 Å². The summed E-state index contributed by atoms with van der Waals surface area (Å²) < 4.78 is 5.81. The first-order valence-electron chi connectivity index (χ1n) is 9.58. The van der Waals surface area contributed by atoms with Crippen LogP contribution in [0.25, 0.3) is 0 Å². The summed E-state index contributed by atoms with van der Waals surface area (Å²) in [7, 11) is 0. The van der Waals surface area contributed by atoms with Gasteiger partial charge in [-0.1, -0.05) is 37.3 Å². The van der Waals surface area contributed by atoms with Gasteiger partial charge >= 0.3 is 0 Å². The summed E-state index contributed by atoms with van der Waals surface area (Å²) in [6.45, 7) is 3.75. The van der Waals surface area contributed by atoms with Crippen LogP contribution in [0.15, 0.2) is 48.5 Å². The second-order valence-corrected chi connectivity index (χ2v) is 8.22. The molecule has 1 aliphatic heterocycles. The van der Waals surface area contributed by atoms with Crippen LogP contribution >= 0.6 is 11.8 Å². The van der Waals surface area contributed by atoms with Crippen LogP contribution in [-0.4, -0.2) is 47.4 Å². The molecule has 3 rings (SSSR count). The molecule has 0 aliphatic carbocycles. The van der Waals surface area contributed by atoms with Gasteiger partial charge in [0, 0.05) is 12.1 Å². The summed E-state index contributed by atoms with van der Waals surface area (Å²) in [5.74, 6) is 1.41. The first kappa shape index (κ1) is 20.3. The fraction of sp³-hybridized carbons (Fsp3) is 0.364. The number of benzene rings is 2. The summed E-state index contributed by atoms with van der Waals surface area (Å²) >= 11 is 1.57. The minimum absolute atomic E-state index is 0.0757. The van der Waals surface area contributed by atoms with Crippen molar-refractivity contribution < 1.29 is 14.3 Å². The zero-order valence-corrected chi connectivity index (χ0v) is 16.9. The molecule has 1 heterocycles. The highest BCUT2D eigenvalue weighted by Gasteiger charge is 2.23. The molecule has 1 atom stereocenters. The van der Waals surface area contributed by atoms with Gasteiger partial charge in [-0.2, -0.15) is 0 Å². The van der Waals surface area contributed by atoms with Crippen molar-refractivity contribution in [2.24, 2.45) is 5.73 Å². The molecule has 1 unspecified atom stereocenters. The molecule has 0 spiro atoms. The highest BCUT2D eigenvalue weighted by Crippen LogP contribution is 2.20. The molecular formula is C22H26N2O3S. The average molecular weight is 399 g/mol. The molecular weight excluding hydrogens is 372 g/mol. The van der Waals surface area contributed by atoms with Gasteiger partial charge in [-0.25, -0.2) is 0 Å². The number of hydrogen-bond acceptors (Lipinski definition) is 4. The fourth-order valence-electron chi connectivity index (χ4n) is 3.34. The molecule has 0 saturated carbocycles. The van der Waals surface area contributed by atoms with Crippen LogP contribution in [0.3, 0.4) is 0 Å². The second-order valence-electron chi connectivity index (χ2n) is 6.74. The summed E-state index contributed by atoms with van der Waals surface area (Å²) in [6, 6.07) is 15.5. The highest BCUT2D eigenvalue weighted by atomic mass is 32.2. The molecule has 0 bridgehead atoms. The van der Waals surface area contributed by atoms with Crippen LogP contribution in [0.1, 0.15) is 28.4 Å². The number of ether oxygens (including phenoxy) is 1. The third kappa shape index (κ3) is 5.07. The third-order valence-corrected chi connectivity index (χ3v) is 5.98. The van der Waals surface area contributed by atoms with E-state index >= 15 is 0 Å². The third-order valence-electron chi connectivity index (χ3n) is 4.85. The van der Waals surface area contributed by atoms with E-state index in [4.69, 9.17) is 10.5 Å². The molecule has 2 aromatic carbocycles. The van der Waals surface area contributed by atoms with E-state index in [1.54, 1.807) is 11.8 Å². The Hall–Kier alpha value is -2.47. The lowest BCUT2D eigenvalue weighted by atomic mass is 9.99. The molecule has 0 fully saturated rings. The lowest BCUT2D eigenvalue weighted by Crippen LogP contribution is -2.40. The summed E-state index contributed by atoms with van der Waals surface area (Å²) in [5, 5.41) is -0.204. The first-order valence-corrected chi connectivity index (χ1v) is 10.6. The number of carbonyl (C=O) groups is 2. The van der Waals surface area contributed by atoms with E-state index in [1.807, 2.05) is 60.4 Å². The highest BCUT2D eigenvalue weighted by molar-refractivity contribution is 8.00. The Morgan fingerprint density at radius 2 is 1.96 bits per heavy atom. The van der Waals surface area contributed by atoms with E-state index in [0.717, 1.165) is 41.2 Å². The normalized spacial score (nSPS) is 14.5. The molecule has 0 aromatic heterocycles. The first-order chi connectivity index (χ1) is 13.6. The maximum atomic E-state index is 12.5. The van der Waals surface area contributed by atoms with E-state index in [0.29, 0.717) is 19.6 Å². The molecule has 28 heavy (non-hydrogen) atoms. The number of rotatable bonds is 9. The van der Waals surface area contributed by atoms with E-state index in [-0.39, 0.29) is 17.1 Å². The molecule has 2 N–H and O–H groups in total. The van der Waals surface area contributed by atoms with Gasteiger partial charge in [-0.05, 0) is 47.9 Å². The van der Waals surface area contributed by atoms with Gasteiger partial charge in [0.1, 0.15) is 12.4 Å². The lowest BCUT2D eigenvalue weighted by molar-refractivity contribution is -0.117. The average Bonchev–Trinajstić information content (AvgIpc) is 2.70. The Balaban J connectivity index is 1.49. The van der Waals surface area contributed by atoms with Crippen molar-refractivity contribution >= 4 is 23.6 Å². The van der Waals surface area contributed by atoms with Gasteiger partial charge in [0.25, 0.3) is 5.91 Å². The topological polar surface area (TPSA) is 72.6 Å². The maximum absolute atomic E-state index is 12.5. The van der Waals surface area contributed by atoms with Crippen molar-refractivity contribution in [1.82, 2.24) is 4.90 Å². The number of primary amides is 1. The molecule has 0 saturated heterocycles. The Labute approximate surface area is 170 Å². The molecule has 6 heteroatoms. The number of carbonyl (C=O) groups excluding carboxylic acids is 2. The van der Waals surface area contributed by atoms with Crippen LogP contribution < -0.4 is 10.5 Å². The predicted molar refractivity (Wildman–Crippen MR) is 113 cm³/mol. The summed E-state index contributed by atoms with van der Waals surface area (Å²) in [5.41, 5.74) is 8.44. The van der Waals surface area contributed by atoms with E-state index in [9.17, 15) is 9.59 Å². The minimum atomic E-state index is -0.278. The van der Waals surface area contributed by atoms with E-state index < -0.39 is 0 Å². The molecule has 148 valence electrons. The predicted octanol–water partition coefficient (Wildman–Crippen LogP) is 2.91. The molecule has 2 aromatic rings. The summed E-state index contributed by atoms with van der Waals surface area (Å²) in [6.07, 6.45) is 1.50. The van der Waals surface area contributed by atoms with Gasteiger partial charge in [0.15, 0.2) is 0 Å². The fourth-order valence-corrected chi connectivity index (χ4v) is 4.22. The van der Waals surface area contributed by atoms with Crippen LogP contribution in [0.2, 0.25) is 0 Å². The van der Waals surface area contributed by atoms with E-state index in [1.165, 1.54) is 0 Å². The van der Waals surface area contributed by atoms with Crippen molar-refractivity contribution in [2.75, 3.05) is 25.4 Å². The van der Waals surface area contributed by atoms with Crippen molar-refractivity contribution in [2.45, 2.75) is 25.0 Å². The van der Waals surface area contributed by atoms with Gasteiger partial charge in [-0.15, -0.1) is 11.8 Å². The molecule has 2 amide bonds. The quantitative estimate of drug-likeness (QED) is 0.705. The molecule has 0 radical (unpaired) electrons. The van der Waals surface area contributed by atoms with E-state index in [2.05, 4.69) is 0 Å². The Morgan fingerprint density at radius 3 is 2.68 bits per heavy atom. The number of amides is 2. The Kier molecular flexibility index (Phi) is 6.98. The number of hydrogen-bond donors (Lipinski definition) is 1. The number of nitrogens with two attached hydrogens (primary N) is 1. The van der Waals surface area contributed by atoms with Gasteiger partial charge in [0.05, 0.1) is 11.8 Å². The largest absolute Gasteiger partial charge is 0.492 e. The molecule has 5 nitrogen and oxygen atoms in total. The smallest absolute Gasteiger partial charge is 0.254 e. The van der Waals surface area contributed by atoms with Gasteiger partial charge < -0.3 is 15.4 Å². The summed E-state index contributed by atoms with van der Waals surface area (Å²) in [4.78, 5) is 25.9. The zero-order valence-electron chi connectivity index (χ0n) is 16.1. The monoisotopic (exact) mass is 398 g/mol. The van der Waals surface area contributed by atoms with Crippen LogP contribution in [0.4, 0.5) is 0 Å². The number of thioether (sulfide) groups is 1. The SMILES string of the molecule is CCSC(Cc1ccc(OCCN2CCc3ccccc3C2=O)cc1)C(N)=O. The van der Waals surface area contributed by atoms with Crippen molar-refractivity contribution in [3.8, 4) is 5.75 Å². The minimum Gasteiger partial charge on any atom is -0.492 e.